The Morgan fingerprint density at radius 3 is 2.52 bits per heavy atom. The van der Waals surface area contributed by atoms with Crippen LogP contribution in [-0.4, -0.2) is 51.6 Å². The summed E-state index contributed by atoms with van der Waals surface area (Å²) in [6.45, 7) is -0.0829. The number of nitro benzene ring substituents is 1. The first kappa shape index (κ1) is 22.2. The van der Waals surface area contributed by atoms with Gasteiger partial charge < -0.3 is 9.47 Å². The van der Waals surface area contributed by atoms with E-state index in [0.717, 1.165) is 25.0 Å². The Hall–Kier alpha value is -3.47. The highest BCUT2D eigenvalue weighted by molar-refractivity contribution is 7.92. The van der Waals surface area contributed by atoms with E-state index in [0.29, 0.717) is 30.6 Å². The van der Waals surface area contributed by atoms with Crippen LogP contribution in [0.3, 0.4) is 0 Å². The maximum absolute atomic E-state index is 12.6. The monoisotopic (exact) mass is 448 g/mol. The highest BCUT2D eigenvalue weighted by atomic mass is 32.2. The van der Waals surface area contributed by atoms with Crippen molar-refractivity contribution >= 4 is 33.2 Å². The van der Waals surface area contributed by atoms with E-state index in [-0.39, 0.29) is 11.3 Å². The molecule has 164 valence electrons. The molecule has 0 atom stereocenters. The normalized spacial score (nSPS) is 13.3. The lowest BCUT2D eigenvalue weighted by molar-refractivity contribution is -0.385. The number of methoxy groups -OCH3 is 1. The van der Waals surface area contributed by atoms with Gasteiger partial charge in [0.2, 0.25) is 10.0 Å². The van der Waals surface area contributed by atoms with Crippen molar-refractivity contribution in [2.75, 3.05) is 30.8 Å². The van der Waals surface area contributed by atoms with Gasteiger partial charge in [-0.1, -0.05) is 0 Å². The van der Waals surface area contributed by atoms with Crippen LogP contribution >= 0.6 is 0 Å². The molecule has 1 aliphatic heterocycles. The maximum atomic E-state index is 12.6. The van der Waals surface area contributed by atoms with Gasteiger partial charge in [-0.25, -0.2) is 13.2 Å². The average molecular weight is 448 g/mol. The molecule has 0 saturated carbocycles. The molecule has 3 rings (SSSR count). The van der Waals surface area contributed by atoms with Crippen molar-refractivity contribution in [2.24, 2.45) is 0 Å². The van der Waals surface area contributed by atoms with Crippen LogP contribution in [0.25, 0.3) is 0 Å². The second kappa shape index (κ2) is 8.72. The quantitative estimate of drug-likeness (QED) is 0.273. The van der Waals surface area contributed by atoms with Gasteiger partial charge in [0, 0.05) is 18.2 Å². The Balaban J connectivity index is 1.79. The fourth-order valence-electron chi connectivity index (χ4n) is 3.33. The predicted molar refractivity (Wildman–Crippen MR) is 111 cm³/mol. The van der Waals surface area contributed by atoms with E-state index in [1.165, 1.54) is 22.5 Å². The number of hydrogen-bond acceptors (Lipinski definition) is 8. The van der Waals surface area contributed by atoms with Crippen LogP contribution in [0.15, 0.2) is 36.4 Å². The zero-order valence-electron chi connectivity index (χ0n) is 16.9. The summed E-state index contributed by atoms with van der Waals surface area (Å²) in [4.78, 5) is 34.7. The number of carbonyl (C=O) groups excluding carboxylic acids is 2. The van der Waals surface area contributed by atoms with Crippen molar-refractivity contribution in [1.82, 2.24) is 0 Å². The molecule has 1 heterocycles. The molecule has 31 heavy (non-hydrogen) atoms. The number of fused-ring (bicyclic) bond motifs is 1. The Bertz CT molecular complexity index is 1160. The predicted octanol–water partition coefficient (Wildman–Crippen LogP) is 2.36. The smallest absolute Gasteiger partial charge is 0.338 e. The standard InChI is InChI=1S/C20H20N2O8S/c1-29-20(24)15-6-8-19(17(11-15)22(25)26)30-12-18(23)14-5-7-16-13(10-14)4-3-9-21(16)31(2,27)28/h5-8,10-11H,3-4,9,12H2,1-2H3. The number of sulfonamides is 1. The molecule has 0 amide bonds. The summed E-state index contributed by atoms with van der Waals surface area (Å²) >= 11 is 0. The number of anilines is 1. The summed E-state index contributed by atoms with van der Waals surface area (Å²) in [6.07, 6.45) is 2.39. The third-order valence-electron chi connectivity index (χ3n) is 4.81. The number of ketones is 1. The third-order valence-corrected chi connectivity index (χ3v) is 5.99. The first-order chi connectivity index (χ1) is 14.6. The number of nitrogens with zero attached hydrogens (tertiary/aromatic N) is 2. The van der Waals surface area contributed by atoms with Gasteiger partial charge in [0.15, 0.2) is 18.1 Å². The minimum Gasteiger partial charge on any atom is -0.478 e. The zero-order chi connectivity index (χ0) is 22.8. The Labute approximate surface area is 178 Å². The average Bonchev–Trinajstić information content (AvgIpc) is 2.75. The number of Topliss-reactive ketones (excluding diaryl/α,β-unsaturated/α-hetero) is 1. The lowest BCUT2D eigenvalue weighted by atomic mass is 9.99. The van der Waals surface area contributed by atoms with Gasteiger partial charge in [0.05, 0.1) is 29.5 Å². The van der Waals surface area contributed by atoms with Crippen molar-refractivity contribution in [1.29, 1.82) is 0 Å². The molecule has 0 radical (unpaired) electrons. The molecule has 0 bridgehead atoms. The SMILES string of the molecule is COC(=O)c1ccc(OCC(=O)c2ccc3c(c2)CCCN3S(C)(=O)=O)c([N+](=O)[O-])c1. The first-order valence-corrected chi connectivity index (χ1v) is 11.1. The summed E-state index contributed by atoms with van der Waals surface area (Å²) < 4.78 is 35.1. The van der Waals surface area contributed by atoms with Gasteiger partial charge in [-0.05, 0) is 48.7 Å². The number of carbonyl (C=O) groups is 2. The van der Waals surface area contributed by atoms with Gasteiger partial charge in [-0.2, -0.15) is 0 Å². The molecule has 0 spiro atoms. The molecule has 1 aliphatic rings. The summed E-state index contributed by atoms with van der Waals surface area (Å²) in [5.74, 6) is -1.32. The summed E-state index contributed by atoms with van der Waals surface area (Å²) in [5, 5.41) is 11.3. The molecule has 2 aromatic carbocycles. The number of benzene rings is 2. The molecule has 0 fully saturated rings. The van der Waals surface area contributed by atoms with E-state index in [2.05, 4.69) is 4.74 Å². The van der Waals surface area contributed by atoms with Gasteiger partial charge in [-0.3, -0.25) is 19.2 Å². The van der Waals surface area contributed by atoms with Gasteiger partial charge >= 0.3 is 11.7 Å². The molecule has 2 aromatic rings. The van der Waals surface area contributed by atoms with Crippen LogP contribution in [0.5, 0.6) is 5.75 Å². The van der Waals surface area contributed by atoms with Crippen molar-refractivity contribution in [3.63, 3.8) is 0 Å². The van der Waals surface area contributed by atoms with E-state index < -0.39 is 39.0 Å². The minimum atomic E-state index is -3.42. The van der Waals surface area contributed by atoms with Crippen LogP contribution < -0.4 is 9.04 Å². The van der Waals surface area contributed by atoms with E-state index in [1.54, 1.807) is 12.1 Å². The van der Waals surface area contributed by atoms with Crippen LogP contribution in [0.2, 0.25) is 0 Å². The van der Waals surface area contributed by atoms with Crippen LogP contribution in [0.4, 0.5) is 11.4 Å². The number of hydrogen-bond donors (Lipinski definition) is 0. The molecule has 10 nitrogen and oxygen atoms in total. The van der Waals surface area contributed by atoms with Crippen LogP contribution in [0, 0.1) is 10.1 Å². The molecule has 0 saturated heterocycles. The fraction of sp³-hybridized carbons (Fsp3) is 0.300. The minimum absolute atomic E-state index is 0.0157. The Kier molecular flexibility index (Phi) is 6.25. The second-order valence-electron chi connectivity index (χ2n) is 6.93. The van der Waals surface area contributed by atoms with Crippen molar-refractivity contribution in [3.05, 3.63) is 63.2 Å². The van der Waals surface area contributed by atoms with E-state index >= 15 is 0 Å². The van der Waals surface area contributed by atoms with Crippen LogP contribution in [-0.2, 0) is 21.2 Å². The van der Waals surface area contributed by atoms with Crippen LogP contribution in [0.1, 0.15) is 32.7 Å². The summed E-state index contributed by atoms with van der Waals surface area (Å²) in [7, 11) is -2.26. The van der Waals surface area contributed by atoms with E-state index in [1.807, 2.05) is 0 Å². The summed E-state index contributed by atoms with van der Waals surface area (Å²) in [5.41, 5.74) is 1.10. The molecule has 0 aromatic heterocycles. The molecule has 11 heteroatoms. The van der Waals surface area contributed by atoms with E-state index in [4.69, 9.17) is 4.74 Å². The fourth-order valence-corrected chi connectivity index (χ4v) is 4.33. The highest BCUT2D eigenvalue weighted by Crippen LogP contribution is 2.31. The lowest BCUT2D eigenvalue weighted by Gasteiger charge is -2.29. The number of esters is 1. The number of aryl methyl sites for hydroxylation is 1. The van der Waals surface area contributed by atoms with Crippen molar-refractivity contribution < 1.29 is 32.4 Å². The topological polar surface area (TPSA) is 133 Å². The third kappa shape index (κ3) is 4.82. The number of nitro groups is 1. The van der Waals surface area contributed by atoms with E-state index in [9.17, 15) is 28.1 Å². The molecular formula is C20H20N2O8S. The maximum Gasteiger partial charge on any atom is 0.338 e. The van der Waals surface area contributed by atoms with Crippen molar-refractivity contribution in [3.8, 4) is 5.75 Å². The molecule has 0 unspecified atom stereocenters. The summed E-state index contributed by atoms with van der Waals surface area (Å²) in [6, 6.07) is 8.25. The molecule has 0 N–H and O–H groups in total. The lowest BCUT2D eigenvalue weighted by Crippen LogP contribution is -2.34. The van der Waals surface area contributed by atoms with Gasteiger partial charge in [0.25, 0.3) is 0 Å². The first-order valence-electron chi connectivity index (χ1n) is 9.25. The molecular weight excluding hydrogens is 428 g/mol. The number of rotatable bonds is 7. The largest absolute Gasteiger partial charge is 0.478 e. The van der Waals surface area contributed by atoms with Gasteiger partial charge in [-0.15, -0.1) is 0 Å². The Morgan fingerprint density at radius 1 is 1.16 bits per heavy atom. The highest BCUT2D eigenvalue weighted by Gasteiger charge is 2.25. The second-order valence-corrected chi connectivity index (χ2v) is 8.83. The number of ether oxygens (including phenoxy) is 2. The zero-order valence-corrected chi connectivity index (χ0v) is 17.7. The molecule has 0 aliphatic carbocycles. The van der Waals surface area contributed by atoms with Gasteiger partial charge in [0.1, 0.15) is 0 Å². The van der Waals surface area contributed by atoms with Crippen molar-refractivity contribution in [2.45, 2.75) is 12.8 Å². The Morgan fingerprint density at radius 2 is 1.87 bits per heavy atom.